The molecule has 0 saturated carbocycles. The van der Waals surface area contributed by atoms with Crippen LogP contribution < -0.4 is 0 Å². The molecule has 1 unspecified atom stereocenters. The highest BCUT2D eigenvalue weighted by Gasteiger charge is 2.27. The number of ketones is 1. The Bertz CT molecular complexity index is 883. The van der Waals surface area contributed by atoms with Gasteiger partial charge in [0.05, 0.1) is 13.0 Å². The first kappa shape index (κ1) is 16.5. The maximum atomic E-state index is 12.6. The van der Waals surface area contributed by atoms with Gasteiger partial charge in [0.25, 0.3) is 0 Å². The van der Waals surface area contributed by atoms with Gasteiger partial charge in [0.2, 0.25) is 0 Å². The summed E-state index contributed by atoms with van der Waals surface area (Å²) in [6.07, 6.45) is 1.84. The van der Waals surface area contributed by atoms with Gasteiger partial charge in [-0.1, -0.05) is 46.3 Å². The number of Topliss-reactive ketones (excluding diaryl/α,β-unsaturated/α-hetero) is 1. The fraction of sp³-hybridized carbons (Fsp3) is 0.158. The lowest BCUT2D eigenvalue weighted by molar-refractivity contribution is -0.142. The number of carbonyl (C=O) groups is 2. The molecule has 1 atom stereocenters. The van der Waals surface area contributed by atoms with Crippen LogP contribution in [0.5, 0.6) is 0 Å². The van der Waals surface area contributed by atoms with Crippen molar-refractivity contribution in [2.24, 2.45) is 0 Å². The number of H-pyrrole nitrogens is 1. The molecule has 1 heterocycles. The SMILES string of the molecule is COC(=O)C(CC(=O)c1ccc(Br)cc1)c1c[nH]c2ccccc12. The highest BCUT2D eigenvalue weighted by Crippen LogP contribution is 2.30. The van der Waals surface area contributed by atoms with E-state index in [-0.39, 0.29) is 12.2 Å². The Hall–Kier alpha value is -2.40. The number of rotatable bonds is 5. The van der Waals surface area contributed by atoms with E-state index in [9.17, 15) is 9.59 Å². The topological polar surface area (TPSA) is 59.2 Å². The molecule has 1 N–H and O–H groups in total. The summed E-state index contributed by atoms with van der Waals surface area (Å²) in [5, 5.41) is 0.927. The molecule has 3 aromatic rings. The number of methoxy groups -OCH3 is 1. The van der Waals surface area contributed by atoms with Crippen molar-refractivity contribution in [1.82, 2.24) is 4.98 Å². The van der Waals surface area contributed by atoms with E-state index in [0.29, 0.717) is 5.56 Å². The Morgan fingerprint density at radius 2 is 1.83 bits per heavy atom. The van der Waals surface area contributed by atoms with E-state index in [1.807, 2.05) is 36.4 Å². The van der Waals surface area contributed by atoms with Crippen LogP contribution in [0, 0.1) is 0 Å². The van der Waals surface area contributed by atoms with Crippen molar-refractivity contribution in [2.45, 2.75) is 12.3 Å². The Kier molecular flexibility index (Phi) is 4.81. The smallest absolute Gasteiger partial charge is 0.313 e. The van der Waals surface area contributed by atoms with Gasteiger partial charge in [-0.2, -0.15) is 0 Å². The van der Waals surface area contributed by atoms with Gasteiger partial charge >= 0.3 is 5.97 Å². The highest BCUT2D eigenvalue weighted by atomic mass is 79.9. The standard InChI is InChI=1S/C19H16BrNO3/c1-24-19(23)15(10-18(22)12-6-8-13(20)9-7-12)16-11-21-17-5-3-2-4-14(16)17/h2-9,11,15,21H,10H2,1H3. The molecule has 0 saturated heterocycles. The number of carbonyl (C=O) groups excluding carboxylic acids is 2. The zero-order valence-corrected chi connectivity index (χ0v) is 14.7. The Balaban J connectivity index is 1.94. The average molecular weight is 386 g/mol. The van der Waals surface area contributed by atoms with Crippen molar-refractivity contribution in [1.29, 1.82) is 0 Å². The molecule has 24 heavy (non-hydrogen) atoms. The molecule has 3 rings (SSSR count). The first-order chi connectivity index (χ1) is 11.6. The minimum absolute atomic E-state index is 0.0656. The zero-order chi connectivity index (χ0) is 17.1. The third kappa shape index (κ3) is 3.26. The van der Waals surface area contributed by atoms with E-state index in [1.54, 1.807) is 18.3 Å². The number of ether oxygens (including phenoxy) is 1. The van der Waals surface area contributed by atoms with Crippen LogP contribution in [0.15, 0.2) is 59.2 Å². The lowest BCUT2D eigenvalue weighted by Gasteiger charge is -2.13. The van der Waals surface area contributed by atoms with Gasteiger partial charge < -0.3 is 9.72 Å². The molecule has 0 aliphatic heterocycles. The lowest BCUT2D eigenvalue weighted by atomic mass is 9.91. The van der Waals surface area contributed by atoms with Crippen LogP contribution in [-0.2, 0) is 9.53 Å². The third-order valence-corrected chi connectivity index (χ3v) is 4.57. The molecule has 0 bridgehead atoms. The number of aromatic amines is 1. The molecule has 5 heteroatoms. The number of nitrogens with one attached hydrogen (secondary N) is 1. The predicted molar refractivity (Wildman–Crippen MR) is 96.1 cm³/mol. The monoisotopic (exact) mass is 385 g/mol. The molecule has 0 spiro atoms. The second-order valence-corrected chi connectivity index (χ2v) is 6.42. The number of hydrogen-bond acceptors (Lipinski definition) is 3. The molecule has 1 aromatic heterocycles. The van der Waals surface area contributed by atoms with Crippen LogP contribution >= 0.6 is 15.9 Å². The van der Waals surface area contributed by atoms with E-state index in [2.05, 4.69) is 20.9 Å². The van der Waals surface area contributed by atoms with Gasteiger partial charge in [-0.3, -0.25) is 9.59 Å². The quantitative estimate of drug-likeness (QED) is 0.520. The zero-order valence-electron chi connectivity index (χ0n) is 13.1. The number of benzene rings is 2. The van der Waals surface area contributed by atoms with Crippen LogP contribution in [-0.4, -0.2) is 23.8 Å². The molecule has 0 aliphatic carbocycles. The van der Waals surface area contributed by atoms with Gasteiger partial charge in [0.1, 0.15) is 0 Å². The third-order valence-electron chi connectivity index (χ3n) is 4.04. The van der Waals surface area contributed by atoms with E-state index in [4.69, 9.17) is 4.74 Å². The number of para-hydroxylation sites is 1. The number of fused-ring (bicyclic) bond motifs is 1. The predicted octanol–water partition coefficient (Wildman–Crippen LogP) is 4.46. The highest BCUT2D eigenvalue weighted by molar-refractivity contribution is 9.10. The van der Waals surface area contributed by atoms with E-state index >= 15 is 0 Å². The Morgan fingerprint density at radius 3 is 2.54 bits per heavy atom. The van der Waals surface area contributed by atoms with Crippen molar-refractivity contribution in [3.05, 3.63) is 70.3 Å². The molecule has 122 valence electrons. The maximum absolute atomic E-state index is 12.6. The molecule has 4 nitrogen and oxygen atoms in total. The van der Waals surface area contributed by atoms with Gasteiger partial charge in [-0.05, 0) is 23.8 Å². The maximum Gasteiger partial charge on any atom is 0.313 e. The largest absolute Gasteiger partial charge is 0.469 e. The van der Waals surface area contributed by atoms with Crippen LogP contribution in [0.4, 0.5) is 0 Å². The molecule has 0 aliphatic rings. The van der Waals surface area contributed by atoms with Crippen LogP contribution in [0.2, 0.25) is 0 Å². The second kappa shape index (κ2) is 7.01. The summed E-state index contributed by atoms with van der Waals surface area (Å²) in [6.45, 7) is 0. The molecule has 0 fully saturated rings. The van der Waals surface area contributed by atoms with Crippen molar-refractivity contribution in [3.8, 4) is 0 Å². The van der Waals surface area contributed by atoms with Crippen LogP contribution in [0.1, 0.15) is 28.3 Å². The lowest BCUT2D eigenvalue weighted by Crippen LogP contribution is -2.18. The van der Waals surface area contributed by atoms with Gasteiger partial charge in [0, 0.05) is 33.6 Å². The van der Waals surface area contributed by atoms with E-state index in [1.165, 1.54) is 7.11 Å². The number of hydrogen-bond donors (Lipinski definition) is 1. The van der Waals surface area contributed by atoms with Crippen molar-refractivity contribution < 1.29 is 14.3 Å². The second-order valence-electron chi connectivity index (χ2n) is 5.50. The molecular weight excluding hydrogens is 370 g/mol. The van der Waals surface area contributed by atoms with Crippen LogP contribution in [0.3, 0.4) is 0 Å². The Morgan fingerprint density at radius 1 is 1.12 bits per heavy atom. The first-order valence-electron chi connectivity index (χ1n) is 7.52. The van der Waals surface area contributed by atoms with E-state index < -0.39 is 11.9 Å². The number of halogens is 1. The van der Waals surface area contributed by atoms with Gasteiger partial charge in [-0.15, -0.1) is 0 Å². The van der Waals surface area contributed by atoms with Gasteiger partial charge in [0.15, 0.2) is 5.78 Å². The fourth-order valence-corrected chi connectivity index (χ4v) is 3.05. The first-order valence-corrected chi connectivity index (χ1v) is 8.32. The fourth-order valence-electron chi connectivity index (χ4n) is 2.78. The summed E-state index contributed by atoms with van der Waals surface area (Å²) in [6, 6.07) is 14.8. The van der Waals surface area contributed by atoms with Crippen molar-refractivity contribution in [2.75, 3.05) is 7.11 Å². The van der Waals surface area contributed by atoms with E-state index in [0.717, 1.165) is 20.9 Å². The minimum atomic E-state index is -0.637. The summed E-state index contributed by atoms with van der Waals surface area (Å²) in [4.78, 5) is 28.0. The summed E-state index contributed by atoms with van der Waals surface area (Å²) in [5.41, 5.74) is 2.28. The summed E-state index contributed by atoms with van der Waals surface area (Å²) in [5.74, 6) is -1.14. The Labute approximate surface area is 148 Å². The van der Waals surface area contributed by atoms with Crippen molar-refractivity contribution >= 4 is 38.6 Å². The average Bonchev–Trinajstić information content (AvgIpc) is 3.03. The minimum Gasteiger partial charge on any atom is -0.469 e. The van der Waals surface area contributed by atoms with Crippen molar-refractivity contribution in [3.63, 3.8) is 0 Å². The molecule has 2 aromatic carbocycles. The number of esters is 1. The molecule has 0 radical (unpaired) electrons. The normalized spacial score (nSPS) is 12.1. The molecular formula is C19H16BrNO3. The van der Waals surface area contributed by atoms with Gasteiger partial charge in [-0.25, -0.2) is 0 Å². The summed E-state index contributed by atoms with van der Waals surface area (Å²) in [7, 11) is 1.34. The summed E-state index contributed by atoms with van der Waals surface area (Å²) < 4.78 is 5.83. The number of aromatic nitrogens is 1. The summed E-state index contributed by atoms with van der Waals surface area (Å²) >= 11 is 3.35. The van der Waals surface area contributed by atoms with Crippen LogP contribution in [0.25, 0.3) is 10.9 Å². The molecule has 0 amide bonds.